The molecule has 0 spiro atoms. The third kappa shape index (κ3) is 4.15. The largest absolute Gasteiger partial charge is 0.393 e. The van der Waals surface area contributed by atoms with Gasteiger partial charge in [-0.05, 0) is 43.2 Å². The number of aliphatic hydroxyl groups excluding tert-OH is 1. The molecule has 2 amide bonds. The molecule has 2 unspecified atom stereocenters. The zero-order valence-electron chi connectivity index (χ0n) is 14.0. The van der Waals surface area contributed by atoms with Crippen LogP contribution in [0.2, 0.25) is 0 Å². The van der Waals surface area contributed by atoms with Gasteiger partial charge in [0.05, 0.1) is 6.10 Å². The van der Waals surface area contributed by atoms with E-state index in [0.717, 1.165) is 37.8 Å². The summed E-state index contributed by atoms with van der Waals surface area (Å²) in [6.07, 6.45) is 5.13. The summed E-state index contributed by atoms with van der Waals surface area (Å²) in [4.78, 5) is 26.0. The van der Waals surface area contributed by atoms with Crippen LogP contribution in [0, 0.1) is 5.92 Å². The number of aliphatic hydroxyl groups is 1. The topological polar surface area (TPSA) is 69.6 Å². The normalized spacial score (nSPS) is 23.7. The molecule has 0 bridgehead atoms. The highest BCUT2D eigenvalue weighted by atomic mass is 16.3. The second-order valence-corrected chi connectivity index (χ2v) is 6.91. The first-order chi connectivity index (χ1) is 11.6. The third-order valence-corrected chi connectivity index (χ3v) is 5.10. The van der Waals surface area contributed by atoms with Crippen LogP contribution in [0.1, 0.15) is 44.1 Å². The van der Waals surface area contributed by atoms with Crippen molar-refractivity contribution in [1.29, 1.82) is 0 Å². The van der Waals surface area contributed by atoms with Crippen molar-refractivity contribution in [2.75, 3.05) is 18.0 Å². The number of aryl methyl sites for hydroxylation is 1. The first-order valence-corrected chi connectivity index (χ1v) is 8.96. The number of hydrogen-bond acceptors (Lipinski definition) is 3. The second kappa shape index (κ2) is 7.79. The van der Waals surface area contributed by atoms with Gasteiger partial charge in [-0.1, -0.05) is 24.6 Å². The van der Waals surface area contributed by atoms with Crippen LogP contribution in [0.3, 0.4) is 0 Å². The number of benzene rings is 1. The minimum Gasteiger partial charge on any atom is -0.393 e. The number of fused-ring (bicyclic) bond motifs is 1. The third-order valence-electron chi connectivity index (χ3n) is 5.10. The number of nitrogens with one attached hydrogen (secondary N) is 1. The van der Waals surface area contributed by atoms with Crippen LogP contribution in [0.15, 0.2) is 24.3 Å². The van der Waals surface area contributed by atoms with Crippen molar-refractivity contribution in [3.05, 3.63) is 29.8 Å². The van der Waals surface area contributed by atoms with E-state index in [1.54, 1.807) is 4.90 Å². The van der Waals surface area contributed by atoms with Crippen molar-refractivity contribution in [1.82, 2.24) is 5.32 Å². The smallest absolute Gasteiger partial charge is 0.227 e. The predicted molar refractivity (Wildman–Crippen MR) is 92.7 cm³/mol. The number of carbonyl (C=O) groups excluding carboxylic acids is 2. The Morgan fingerprint density at radius 3 is 2.92 bits per heavy atom. The fraction of sp³-hybridized carbons (Fsp3) is 0.579. The highest BCUT2D eigenvalue weighted by Crippen LogP contribution is 2.27. The van der Waals surface area contributed by atoms with Gasteiger partial charge in [0.15, 0.2) is 0 Å². The number of para-hydroxylation sites is 1. The minimum absolute atomic E-state index is 0.0223. The number of nitrogens with zero attached hydrogens (tertiary/aromatic N) is 1. The second-order valence-electron chi connectivity index (χ2n) is 6.91. The van der Waals surface area contributed by atoms with Gasteiger partial charge >= 0.3 is 0 Å². The molecule has 5 heteroatoms. The summed E-state index contributed by atoms with van der Waals surface area (Å²) in [5.41, 5.74) is 2.12. The molecule has 0 radical (unpaired) electrons. The Labute approximate surface area is 143 Å². The van der Waals surface area contributed by atoms with Gasteiger partial charge in [0.2, 0.25) is 11.8 Å². The van der Waals surface area contributed by atoms with Crippen molar-refractivity contribution in [2.24, 2.45) is 5.92 Å². The Hall–Kier alpha value is -1.88. The van der Waals surface area contributed by atoms with Gasteiger partial charge in [0.25, 0.3) is 0 Å². The molecule has 2 atom stereocenters. The molecule has 130 valence electrons. The maximum Gasteiger partial charge on any atom is 0.227 e. The van der Waals surface area contributed by atoms with Gasteiger partial charge in [-0.15, -0.1) is 0 Å². The number of rotatable bonds is 5. The molecule has 2 aliphatic rings. The van der Waals surface area contributed by atoms with Crippen molar-refractivity contribution in [3.8, 4) is 0 Å². The van der Waals surface area contributed by atoms with E-state index in [1.807, 2.05) is 24.3 Å². The van der Waals surface area contributed by atoms with Crippen LogP contribution in [0.4, 0.5) is 5.69 Å². The summed E-state index contributed by atoms with van der Waals surface area (Å²) in [5.74, 6) is 0.442. The predicted octanol–water partition coefficient (Wildman–Crippen LogP) is 2.02. The Morgan fingerprint density at radius 2 is 2.08 bits per heavy atom. The SMILES string of the molecule is O=C(CCN1C(=O)CCc2ccccc21)NCC1CCCC(O)C1. The summed E-state index contributed by atoms with van der Waals surface area (Å²) in [5, 5.41) is 12.6. The summed E-state index contributed by atoms with van der Waals surface area (Å²) < 4.78 is 0. The van der Waals surface area contributed by atoms with Crippen LogP contribution >= 0.6 is 0 Å². The molecule has 2 N–H and O–H groups in total. The highest BCUT2D eigenvalue weighted by Gasteiger charge is 2.24. The lowest BCUT2D eigenvalue weighted by atomic mass is 9.87. The van der Waals surface area contributed by atoms with E-state index >= 15 is 0 Å². The molecule has 3 rings (SSSR count). The Morgan fingerprint density at radius 1 is 1.25 bits per heavy atom. The maximum absolute atomic E-state index is 12.2. The average molecular weight is 330 g/mol. The minimum atomic E-state index is -0.219. The standard InChI is InChI=1S/C19H26N2O3/c22-16-6-3-4-14(12-16)13-20-18(23)10-11-21-17-7-2-1-5-15(17)8-9-19(21)24/h1-2,5,7,14,16,22H,3-4,6,8-13H2,(H,20,23). The summed E-state index contributed by atoms with van der Waals surface area (Å²) in [6.45, 7) is 1.05. The van der Waals surface area contributed by atoms with E-state index in [-0.39, 0.29) is 17.9 Å². The van der Waals surface area contributed by atoms with Crippen LogP contribution in [0.25, 0.3) is 0 Å². The van der Waals surface area contributed by atoms with E-state index in [4.69, 9.17) is 0 Å². The van der Waals surface area contributed by atoms with Gasteiger partial charge < -0.3 is 15.3 Å². The van der Waals surface area contributed by atoms with Crippen LogP contribution in [-0.2, 0) is 16.0 Å². The first-order valence-electron chi connectivity index (χ1n) is 8.96. The molecule has 1 aromatic carbocycles. The zero-order chi connectivity index (χ0) is 16.9. The van der Waals surface area contributed by atoms with E-state index in [0.29, 0.717) is 31.8 Å². The van der Waals surface area contributed by atoms with Crippen LogP contribution in [-0.4, -0.2) is 36.1 Å². The fourth-order valence-corrected chi connectivity index (χ4v) is 3.75. The van der Waals surface area contributed by atoms with E-state index in [9.17, 15) is 14.7 Å². The van der Waals surface area contributed by atoms with Crippen molar-refractivity contribution >= 4 is 17.5 Å². The molecule has 1 aromatic rings. The van der Waals surface area contributed by atoms with Crippen molar-refractivity contribution < 1.29 is 14.7 Å². The maximum atomic E-state index is 12.2. The molecule has 1 saturated carbocycles. The molecule has 5 nitrogen and oxygen atoms in total. The molecule has 1 aliphatic heterocycles. The number of hydrogen-bond donors (Lipinski definition) is 2. The van der Waals surface area contributed by atoms with Gasteiger partial charge in [-0.2, -0.15) is 0 Å². The quantitative estimate of drug-likeness (QED) is 0.868. The lowest BCUT2D eigenvalue weighted by molar-refractivity contribution is -0.121. The van der Waals surface area contributed by atoms with E-state index < -0.39 is 0 Å². The zero-order valence-corrected chi connectivity index (χ0v) is 14.0. The van der Waals surface area contributed by atoms with Gasteiger partial charge in [0, 0.05) is 31.6 Å². The molecular formula is C19H26N2O3. The number of amides is 2. The monoisotopic (exact) mass is 330 g/mol. The van der Waals surface area contributed by atoms with Crippen LogP contribution in [0.5, 0.6) is 0 Å². The number of anilines is 1. The van der Waals surface area contributed by atoms with Crippen molar-refractivity contribution in [2.45, 2.75) is 51.0 Å². The number of carbonyl (C=O) groups is 2. The molecule has 0 saturated heterocycles. The summed E-state index contributed by atoms with van der Waals surface area (Å²) in [6, 6.07) is 7.91. The van der Waals surface area contributed by atoms with Gasteiger partial charge in [-0.3, -0.25) is 9.59 Å². The molecule has 1 fully saturated rings. The van der Waals surface area contributed by atoms with Gasteiger partial charge in [0.1, 0.15) is 0 Å². The summed E-state index contributed by atoms with van der Waals surface area (Å²) in [7, 11) is 0. The lowest BCUT2D eigenvalue weighted by Crippen LogP contribution is -2.39. The lowest BCUT2D eigenvalue weighted by Gasteiger charge is -2.29. The van der Waals surface area contributed by atoms with E-state index in [1.165, 1.54) is 5.56 Å². The highest BCUT2D eigenvalue weighted by molar-refractivity contribution is 5.96. The summed E-state index contributed by atoms with van der Waals surface area (Å²) >= 11 is 0. The Bertz CT molecular complexity index is 602. The van der Waals surface area contributed by atoms with Crippen LogP contribution < -0.4 is 10.2 Å². The first kappa shape index (κ1) is 17.0. The fourth-order valence-electron chi connectivity index (χ4n) is 3.75. The molecule has 0 aromatic heterocycles. The molecular weight excluding hydrogens is 304 g/mol. The molecule has 1 heterocycles. The van der Waals surface area contributed by atoms with Crippen molar-refractivity contribution in [3.63, 3.8) is 0 Å². The average Bonchev–Trinajstić information content (AvgIpc) is 2.59. The van der Waals surface area contributed by atoms with E-state index in [2.05, 4.69) is 5.32 Å². The van der Waals surface area contributed by atoms with Gasteiger partial charge in [-0.25, -0.2) is 0 Å². The Balaban J connectivity index is 1.48. The molecule has 24 heavy (non-hydrogen) atoms. The molecule has 1 aliphatic carbocycles. The Kier molecular flexibility index (Phi) is 5.51.